The number of nitrogens with zero attached hydrogens (tertiary/aromatic N) is 3. The van der Waals surface area contributed by atoms with Crippen LogP contribution in [0.5, 0.6) is 11.5 Å². The molecule has 2 rings (SSSR count). The van der Waals surface area contributed by atoms with Crippen molar-refractivity contribution in [1.29, 1.82) is 0 Å². The summed E-state index contributed by atoms with van der Waals surface area (Å²) in [5.74, 6) is 1.85. The number of aryl methyl sites for hydroxylation is 1. The number of anilines is 2. The zero-order chi connectivity index (χ0) is 19.1. The van der Waals surface area contributed by atoms with E-state index in [-0.39, 0.29) is 25.2 Å². The molecular weight excluding hydrogens is 334 g/mol. The molecule has 142 valence electrons. The number of nitrogen functional groups attached to an aromatic ring is 1. The summed E-state index contributed by atoms with van der Waals surface area (Å²) in [5.41, 5.74) is 8.36. The van der Waals surface area contributed by atoms with Crippen molar-refractivity contribution in [2.45, 2.75) is 46.3 Å². The molecule has 0 aliphatic rings. The van der Waals surface area contributed by atoms with E-state index in [2.05, 4.69) is 27.2 Å². The van der Waals surface area contributed by atoms with Gasteiger partial charge in [-0.1, -0.05) is 13.3 Å². The molecule has 0 aliphatic carbocycles. The minimum absolute atomic E-state index is 0.00693. The van der Waals surface area contributed by atoms with Gasteiger partial charge in [-0.3, -0.25) is 4.98 Å². The first-order valence-electron chi connectivity index (χ1n) is 8.61. The van der Waals surface area contributed by atoms with Crippen molar-refractivity contribution in [1.82, 2.24) is 15.0 Å². The van der Waals surface area contributed by atoms with E-state index in [0.29, 0.717) is 11.6 Å². The van der Waals surface area contributed by atoms with Crippen molar-refractivity contribution >= 4 is 11.8 Å². The maximum atomic E-state index is 9.50. The van der Waals surface area contributed by atoms with Gasteiger partial charge in [0.25, 0.3) is 0 Å². The lowest BCUT2D eigenvalue weighted by Crippen LogP contribution is -2.24. The number of ether oxygens (including phenoxy) is 2. The van der Waals surface area contributed by atoms with Gasteiger partial charge in [0.15, 0.2) is 11.6 Å². The monoisotopic (exact) mass is 361 g/mol. The summed E-state index contributed by atoms with van der Waals surface area (Å²) < 4.78 is 11.3. The molecule has 0 saturated carbocycles. The molecule has 0 radical (unpaired) electrons. The van der Waals surface area contributed by atoms with Crippen LogP contribution in [0, 0.1) is 13.8 Å². The van der Waals surface area contributed by atoms with Gasteiger partial charge in [0.1, 0.15) is 12.4 Å². The minimum Gasteiger partial charge on any atom is -0.496 e. The normalized spacial score (nSPS) is 11.9. The Hall–Kier alpha value is -2.61. The highest BCUT2D eigenvalue weighted by Gasteiger charge is 2.15. The first-order chi connectivity index (χ1) is 12.5. The molecule has 8 heteroatoms. The molecule has 1 unspecified atom stereocenters. The van der Waals surface area contributed by atoms with Crippen LogP contribution in [0.1, 0.15) is 36.6 Å². The summed E-state index contributed by atoms with van der Waals surface area (Å²) in [5, 5.41) is 12.7. The van der Waals surface area contributed by atoms with E-state index in [1.807, 2.05) is 13.8 Å². The van der Waals surface area contributed by atoms with E-state index in [0.717, 1.165) is 35.4 Å². The quantitative estimate of drug-likeness (QED) is 0.623. The summed E-state index contributed by atoms with van der Waals surface area (Å²) in [7, 11) is 1.64. The van der Waals surface area contributed by atoms with Crippen molar-refractivity contribution in [2.75, 3.05) is 24.8 Å². The number of methoxy groups -OCH3 is 1. The maximum Gasteiger partial charge on any atom is 0.222 e. The average Bonchev–Trinajstić information content (AvgIpc) is 2.62. The van der Waals surface area contributed by atoms with E-state index in [9.17, 15) is 5.11 Å². The van der Waals surface area contributed by atoms with Gasteiger partial charge in [-0.15, -0.1) is 0 Å². The van der Waals surface area contributed by atoms with E-state index < -0.39 is 0 Å². The average molecular weight is 361 g/mol. The zero-order valence-corrected chi connectivity index (χ0v) is 15.7. The van der Waals surface area contributed by atoms with Gasteiger partial charge in [-0.2, -0.15) is 4.98 Å². The number of aliphatic hydroxyl groups is 1. The molecule has 0 aromatic carbocycles. The molecule has 2 heterocycles. The SMILES string of the molecule is CCCC(CO)Nc1nc(N)ncc1OCc1ncc(C)c(OC)c1C. The zero-order valence-electron chi connectivity index (χ0n) is 15.7. The van der Waals surface area contributed by atoms with Gasteiger partial charge in [0.05, 0.1) is 31.6 Å². The lowest BCUT2D eigenvalue weighted by atomic mass is 10.1. The highest BCUT2D eigenvalue weighted by Crippen LogP contribution is 2.27. The van der Waals surface area contributed by atoms with Gasteiger partial charge in [0, 0.05) is 17.3 Å². The van der Waals surface area contributed by atoms with E-state index in [1.165, 1.54) is 6.20 Å². The standard InChI is InChI=1S/C18H27N5O3/c1-5-6-13(9-24)22-17-15(8-21-18(19)23-17)26-10-14-12(3)16(25-4)11(2)7-20-14/h7-8,13,24H,5-6,9-10H2,1-4H3,(H3,19,21,22,23). The minimum atomic E-state index is -0.129. The number of aromatic nitrogens is 3. The molecule has 0 bridgehead atoms. The second kappa shape index (κ2) is 9.19. The summed E-state index contributed by atoms with van der Waals surface area (Å²) >= 11 is 0. The van der Waals surface area contributed by atoms with Crippen LogP contribution >= 0.6 is 0 Å². The van der Waals surface area contributed by atoms with Crippen molar-refractivity contribution in [3.8, 4) is 11.5 Å². The molecule has 1 atom stereocenters. The van der Waals surface area contributed by atoms with E-state index in [4.69, 9.17) is 15.2 Å². The molecule has 0 saturated heterocycles. The molecule has 0 spiro atoms. The maximum absolute atomic E-state index is 9.50. The molecule has 2 aromatic heterocycles. The third-order valence-corrected chi connectivity index (χ3v) is 4.09. The van der Waals surface area contributed by atoms with Gasteiger partial charge >= 0.3 is 0 Å². The first-order valence-corrected chi connectivity index (χ1v) is 8.61. The molecule has 2 aromatic rings. The Bertz CT molecular complexity index is 739. The number of hydrogen-bond donors (Lipinski definition) is 3. The van der Waals surface area contributed by atoms with Gasteiger partial charge in [0.2, 0.25) is 5.95 Å². The third-order valence-electron chi connectivity index (χ3n) is 4.09. The van der Waals surface area contributed by atoms with Crippen LogP contribution < -0.4 is 20.5 Å². The van der Waals surface area contributed by atoms with E-state index in [1.54, 1.807) is 13.3 Å². The Kier molecular flexibility index (Phi) is 6.97. The number of nitrogens with one attached hydrogen (secondary N) is 1. The predicted molar refractivity (Wildman–Crippen MR) is 100 cm³/mol. The predicted octanol–water partition coefficient (Wildman–Crippen LogP) is 2.23. The van der Waals surface area contributed by atoms with Crippen LogP contribution in [0.3, 0.4) is 0 Å². The Morgan fingerprint density at radius 3 is 2.69 bits per heavy atom. The van der Waals surface area contributed by atoms with Crippen molar-refractivity contribution in [3.05, 3.63) is 29.2 Å². The number of rotatable bonds is 9. The van der Waals surface area contributed by atoms with Gasteiger partial charge in [-0.05, 0) is 20.3 Å². The first kappa shape index (κ1) is 19.7. The van der Waals surface area contributed by atoms with Gasteiger partial charge < -0.3 is 25.6 Å². The fourth-order valence-corrected chi connectivity index (χ4v) is 2.71. The molecule has 4 N–H and O–H groups in total. The van der Waals surface area contributed by atoms with Crippen LogP contribution in [-0.2, 0) is 6.61 Å². The highest BCUT2D eigenvalue weighted by atomic mass is 16.5. The fourth-order valence-electron chi connectivity index (χ4n) is 2.71. The van der Waals surface area contributed by atoms with Crippen LogP contribution in [0.25, 0.3) is 0 Å². The van der Waals surface area contributed by atoms with Crippen molar-refractivity contribution in [2.24, 2.45) is 0 Å². The highest BCUT2D eigenvalue weighted by molar-refractivity contribution is 5.52. The largest absolute Gasteiger partial charge is 0.496 e. The Balaban J connectivity index is 2.19. The molecule has 26 heavy (non-hydrogen) atoms. The second-order valence-corrected chi connectivity index (χ2v) is 6.09. The Morgan fingerprint density at radius 2 is 2.04 bits per heavy atom. The summed E-state index contributed by atoms with van der Waals surface area (Å²) in [6, 6.07) is -0.129. The molecular formula is C18H27N5O3. The van der Waals surface area contributed by atoms with Crippen LogP contribution in [0.2, 0.25) is 0 Å². The summed E-state index contributed by atoms with van der Waals surface area (Å²) in [6.07, 6.45) is 5.01. The van der Waals surface area contributed by atoms with Crippen molar-refractivity contribution < 1.29 is 14.6 Å². The Morgan fingerprint density at radius 1 is 1.27 bits per heavy atom. The molecule has 0 amide bonds. The number of hydrogen-bond acceptors (Lipinski definition) is 8. The molecule has 0 aliphatic heterocycles. The van der Waals surface area contributed by atoms with Crippen LogP contribution in [0.15, 0.2) is 12.4 Å². The number of aliphatic hydroxyl groups excluding tert-OH is 1. The molecule has 0 fully saturated rings. The van der Waals surface area contributed by atoms with E-state index >= 15 is 0 Å². The van der Waals surface area contributed by atoms with Crippen LogP contribution in [-0.4, -0.2) is 39.8 Å². The summed E-state index contributed by atoms with van der Waals surface area (Å²) in [4.78, 5) is 12.6. The number of nitrogens with two attached hydrogens (primary N) is 1. The van der Waals surface area contributed by atoms with Crippen LogP contribution in [0.4, 0.5) is 11.8 Å². The smallest absolute Gasteiger partial charge is 0.222 e. The van der Waals surface area contributed by atoms with Crippen molar-refractivity contribution in [3.63, 3.8) is 0 Å². The molecule has 8 nitrogen and oxygen atoms in total. The topological polar surface area (TPSA) is 115 Å². The Labute approximate surface area is 153 Å². The lowest BCUT2D eigenvalue weighted by Gasteiger charge is -2.19. The summed E-state index contributed by atoms with van der Waals surface area (Å²) in [6.45, 7) is 6.17. The number of pyridine rings is 1. The fraction of sp³-hybridized carbons (Fsp3) is 0.500. The third kappa shape index (κ3) is 4.72. The lowest BCUT2D eigenvalue weighted by molar-refractivity contribution is 0.266. The second-order valence-electron chi connectivity index (χ2n) is 6.09. The van der Waals surface area contributed by atoms with Gasteiger partial charge in [-0.25, -0.2) is 4.98 Å².